The van der Waals surface area contributed by atoms with Crippen molar-refractivity contribution >= 4 is 17.3 Å². The fourth-order valence-electron chi connectivity index (χ4n) is 2.52. The van der Waals surface area contributed by atoms with E-state index < -0.39 is 0 Å². The molecule has 1 fully saturated rings. The summed E-state index contributed by atoms with van der Waals surface area (Å²) >= 11 is 1.78. The van der Waals surface area contributed by atoms with Crippen LogP contribution < -0.4 is 10.6 Å². The number of hydrogen-bond acceptors (Lipinski definition) is 3. The topological polar surface area (TPSA) is 39.7 Å². The fourth-order valence-corrected chi connectivity index (χ4v) is 3.26. The SMILES string of the molecule is CN=C(NCCN1CCCCC1)NC(C)c1cccs1. The van der Waals surface area contributed by atoms with Crippen LogP contribution in [0.3, 0.4) is 0 Å². The molecule has 1 aromatic heterocycles. The molecule has 2 heterocycles. The van der Waals surface area contributed by atoms with E-state index in [1.807, 2.05) is 7.05 Å². The molecule has 0 spiro atoms. The van der Waals surface area contributed by atoms with Crippen LogP contribution in [0, 0.1) is 0 Å². The molecule has 0 aliphatic carbocycles. The first-order valence-corrected chi connectivity index (χ1v) is 8.40. The number of aliphatic imine (C=N–C) groups is 1. The zero-order valence-corrected chi connectivity index (χ0v) is 13.4. The van der Waals surface area contributed by atoms with Crippen molar-refractivity contribution in [3.8, 4) is 0 Å². The predicted octanol–water partition coefficient (Wildman–Crippen LogP) is 2.46. The van der Waals surface area contributed by atoms with Crippen molar-refractivity contribution in [1.82, 2.24) is 15.5 Å². The Hall–Kier alpha value is -1.07. The summed E-state index contributed by atoms with van der Waals surface area (Å²) in [6.45, 7) is 6.73. The van der Waals surface area contributed by atoms with Crippen molar-refractivity contribution in [2.75, 3.05) is 33.2 Å². The van der Waals surface area contributed by atoms with E-state index in [0.29, 0.717) is 6.04 Å². The monoisotopic (exact) mass is 294 g/mol. The Bertz CT molecular complexity index is 396. The summed E-state index contributed by atoms with van der Waals surface area (Å²) < 4.78 is 0. The molecule has 112 valence electrons. The minimum absolute atomic E-state index is 0.302. The molecule has 1 aliphatic heterocycles. The molecule has 1 aliphatic rings. The Labute approximate surface area is 126 Å². The molecular weight excluding hydrogens is 268 g/mol. The lowest BCUT2D eigenvalue weighted by Crippen LogP contribution is -2.43. The maximum atomic E-state index is 4.30. The van der Waals surface area contributed by atoms with Crippen LogP contribution in [-0.2, 0) is 0 Å². The van der Waals surface area contributed by atoms with Gasteiger partial charge in [-0.25, -0.2) is 0 Å². The van der Waals surface area contributed by atoms with Gasteiger partial charge in [0.25, 0.3) is 0 Å². The van der Waals surface area contributed by atoms with Crippen LogP contribution in [0.2, 0.25) is 0 Å². The fraction of sp³-hybridized carbons (Fsp3) is 0.667. The van der Waals surface area contributed by atoms with E-state index in [-0.39, 0.29) is 0 Å². The highest BCUT2D eigenvalue weighted by Gasteiger charge is 2.11. The van der Waals surface area contributed by atoms with Gasteiger partial charge in [-0.1, -0.05) is 12.5 Å². The highest BCUT2D eigenvalue weighted by Crippen LogP contribution is 2.17. The molecule has 0 aromatic carbocycles. The highest BCUT2D eigenvalue weighted by molar-refractivity contribution is 7.10. The van der Waals surface area contributed by atoms with Crippen molar-refractivity contribution in [2.45, 2.75) is 32.2 Å². The van der Waals surface area contributed by atoms with Crippen molar-refractivity contribution in [3.63, 3.8) is 0 Å². The van der Waals surface area contributed by atoms with Crippen LogP contribution in [-0.4, -0.2) is 44.1 Å². The average molecular weight is 294 g/mol. The Balaban J connectivity index is 1.69. The number of nitrogens with one attached hydrogen (secondary N) is 2. The second-order valence-electron chi connectivity index (χ2n) is 5.28. The first kappa shape index (κ1) is 15.3. The number of guanidine groups is 1. The summed E-state index contributed by atoms with van der Waals surface area (Å²) in [5, 5.41) is 8.96. The third kappa shape index (κ3) is 4.80. The number of nitrogens with zero attached hydrogens (tertiary/aromatic N) is 2. The van der Waals surface area contributed by atoms with E-state index >= 15 is 0 Å². The summed E-state index contributed by atoms with van der Waals surface area (Å²) in [5.41, 5.74) is 0. The van der Waals surface area contributed by atoms with Gasteiger partial charge < -0.3 is 15.5 Å². The lowest BCUT2D eigenvalue weighted by atomic mass is 10.1. The van der Waals surface area contributed by atoms with E-state index in [4.69, 9.17) is 0 Å². The minimum Gasteiger partial charge on any atom is -0.355 e. The number of likely N-dealkylation sites (tertiary alicyclic amines) is 1. The molecule has 20 heavy (non-hydrogen) atoms. The summed E-state index contributed by atoms with van der Waals surface area (Å²) in [6.07, 6.45) is 4.09. The Morgan fingerprint density at radius 3 is 2.85 bits per heavy atom. The molecule has 1 saturated heterocycles. The van der Waals surface area contributed by atoms with Gasteiger partial charge in [0.2, 0.25) is 0 Å². The highest BCUT2D eigenvalue weighted by atomic mass is 32.1. The summed E-state index contributed by atoms with van der Waals surface area (Å²) in [5.74, 6) is 0.892. The van der Waals surface area contributed by atoms with Gasteiger partial charge in [-0.3, -0.25) is 4.99 Å². The van der Waals surface area contributed by atoms with Crippen LogP contribution in [0.1, 0.15) is 37.1 Å². The third-order valence-electron chi connectivity index (χ3n) is 3.72. The smallest absolute Gasteiger partial charge is 0.191 e. The molecule has 5 heteroatoms. The quantitative estimate of drug-likeness (QED) is 0.647. The van der Waals surface area contributed by atoms with Crippen molar-refractivity contribution in [1.29, 1.82) is 0 Å². The minimum atomic E-state index is 0.302. The van der Waals surface area contributed by atoms with Crippen LogP contribution in [0.5, 0.6) is 0 Å². The molecular formula is C15H26N4S. The second kappa shape index (κ2) is 8.27. The van der Waals surface area contributed by atoms with E-state index in [2.05, 4.69) is 45.0 Å². The van der Waals surface area contributed by atoms with Crippen LogP contribution in [0.25, 0.3) is 0 Å². The first-order chi connectivity index (χ1) is 9.79. The first-order valence-electron chi connectivity index (χ1n) is 7.52. The van der Waals surface area contributed by atoms with Crippen LogP contribution in [0.15, 0.2) is 22.5 Å². The van der Waals surface area contributed by atoms with Crippen LogP contribution >= 0.6 is 11.3 Å². The number of rotatable bonds is 5. The van der Waals surface area contributed by atoms with Gasteiger partial charge in [0, 0.05) is 25.0 Å². The number of thiophene rings is 1. The van der Waals surface area contributed by atoms with Crippen molar-refractivity contribution < 1.29 is 0 Å². The Morgan fingerprint density at radius 1 is 1.40 bits per heavy atom. The lowest BCUT2D eigenvalue weighted by Gasteiger charge is -2.27. The predicted molar refractivity (Wildman–Crippen MR) is 87.5 cm³/mol. The van der Waals surface area contributed by atoms with Crippen LogP contribution in [0.4, 0.5) is 0 Å². The third-order valence-corrected chi connectivity index (χ3v) is 4.77. The molecule has 2 N–H and O–H groups in total. The zero-order chi connectivity index (χ0) is 14.2. The second-order valence-corrected chi connectivity index (χ2v) is 6.26. The van der Waals surface area contributed by atoms with Gasteiger partial charge in [-0.2, -0.15) is 0 Å². The zero-order valence-electron chi connectivity index (χ0n) is 12.6. The normalized spacial score (nSPS) is 18.8. The van der Waals surface area contributed by atoms with Gasteiger partial charge in [-0.15, -0.1) is 11.3 Å². The summed E-state index contributed by atoms with van der Waals surface area (Å²) in [7, 11) is 1.83. The van der Waals surface area contributed by atoms with Gasteiger partial charge in [0.05, 0.1) is 6.04 Å². The average Bonchev–Trinajstić information content (AvgIpc) is 3.01. The Morgan fingerprint density at radius 2 is 2.20 bits per heavy atom. The van der Waals surface area contributed by atoms with Gasteiger partial charge >= 0.3 is 0 Å². The molecule has 1 atom stereocenters. The molecule has 0 bridgehead atoms. The number of hydrogen-bond donors (Lipinski definition) is 2. The lowest BCUT2D eigenvalue weighted by molar-refractivity contribution is 0.232. The van der Waals surface area contributed by atoms with Gasteiger partial charge in [0.15, 0.2) is 5.96 Å². The van der Waals surface area contributed by atoms with E-state index in [9.17, 15) is 0 Å². The largest absolute Gasteiger partial charge is 0.355 e. The molecule has 1 aromatic rings. The van der Waals surface area contributed by atoms with Gasteiger partial charge in [-0.05, 0) is 44.3 Å². The van der Waals surface area contributed by atoms with E-state index in [1.54, 1.807) is 11.3 Å². The van der Waals surface area contributed by atoms with Crippen molar-refractivity contribution in [3.05, 3.63) is 22.4 Å². The maximum Gasteiger partial charge on any atom is 0.191 e. The maximum absolute atomic E-state index is 4.30. The number of piperidine rings is 1. The molecule has 4 nitrogen and oxygen atoms in total. The van der Waals surface area contributed by atoms with Gasteiger partial charge in [0.1, 0.15) is 0 Å². The molecule has 2 rings (SSSR count). The Kier molecular flexibility index (Phi) is 6.33. The summed E-state index contributed by atoms with van der Waals surface area (Å²) in [4.78, 5) is 8.17. The van der Waals surface area contributed by atoms with E-state index in [0.717, 1.165) is 19.0 Å². The molecule has 0 saturated carbocycles. The molecule has 1 unspecified atom stereocenters. The molecule has 0 radical (unpaired) electrons. The standard InChI is InChI=1S/C15H26N4S/c1-13(14-7-6-12-20-14)18-15(16-2)17-8-11-19-9-4-3-5-10-19/h6-7,12-13H,3-5,8-11H2,1-2H3,(H2,16,17,18). The van der Waals surface area contributed by atoms with Crippen molar-refractivity contribution in [2.24, 2.45) is 4.99 Å². The van der Waals surface area contributed by atoms with E-state index in [1.165, 1.54) is 37.2 Å². The molecule has 0 amide bonds. The summed E-state index contributed by atoms with van der Waals surface area (Å²) in [6, 6.07) is 4.55.